The van der Waals surface area contributed by atoms with E-state index >= 15 is 0 Å². The van der Waals surface area contributed by atoms with E-state index in [0.29, 0.717) is 25.7 Å². The van der Waals surface area contributed by atoms with Gasteiger partial charge in [0.15, 0.2) is 0 Å². The smallest absolute Gasteiger partial charge is 0.410 e. The molecule has 0 spiro atoms. The van der Waals surface area contributed by atoms with Crippen LogP contribution < -0.4 is 5.32 Å². The first kappa shape index (κ1) is 14.6. The van der Waals surface area contributed by atoms with Crippen molar-refractivity contribution >= 4 is 6.09 Å². The molecule has 1 fully saturated rings. The Morgan fingerprint density at radius 2 is 2.09 bits per heavy atom. The number of carbonyl (C=O) groups is 1. The molecule has 1 amide bonds. The molecule has 0 aliphatic carbocycles. The number of benzene rings is 1. The first-order valence-electron chi connectivity index (χ1n) is 7.38. The van der Waals surface area contributed by atoms with Crippen LogP contribution in [0.2, 0.25) is 0 Å². The third-order valence-corrected chi connectivity index (χ3v) is 3.84. The van der Waals surface area contributed by atoms with Crippen molar-refractivity contribution in [3.05, 3.63) is 53.9 Å². The Hall–Kier alpha value is -2.34. The number of aryl methyl sites for hydroxylation is 1. The van der Waals surface area contributed by atoms with Gasteiger partial charge < -0.3 is 15.0 Å². The predicted molar refractivity (Wildman–Crippen MR) is 82.0 cm³/mol. The van der Waals surface area contributed by atoms with Gasteiger partial charge >= 0.3 is 6.09 Å². The van der Waals surface area contributed by atoms with Gasteiger partial charge in [-0.05, 0) is 11.6 Å². The number of ether oxygens (including phenoxy) is 1. The number of hydrogen-bond acceptors (Lipinski definition) is 4. The van der Waals surface area contributed by atoms with Gasteiger partial charge in [0.2, 0.25) is 0 Å². The molecule has 0 atom stereocenters. The number of nitrogens with zero attached hydrogens (tertiary/aromatic N) is 3. The highest BCUT2D eigenvalue weighted by molar-refractivity contribution is 5.68. The fraction of sp³-hybridized carbons (Fsp3) is 0.375. The zero-order valence-corrected chi connectivity index (χ0v) is 12.6. The monoisotopic (exact) mass is 300 g/mol. The standard InChI is InChI=1S/C16H20N4O2/c1-19-15(7-8-18-19)9-17-14-10-20(11-14)16(21)22-12-13-5-3-2-4-6-13/h2-8,14,17H,9-12H2,1H3. The van der Waals surface area contributed by atoms with E-state index in [2.05, 4.69) is 10.4 Å². The van der Waals surface area contributed by atoms with Crippen molar-refractivity contribution < 1.29 is 9.53 Å². The maximum Gasteiger partial charge on any atom is 0.410 e. The lowest BCUT2D eigenvalue weighted by Gasteiger charge is -2.38. The minimum absolute atomic E-state index is 0.248. The van der Waals surface area contributed by atoms with E-state index in [4.69, 9.17) is 4.74 Å². The molecule has 2 heterocycles. The summed E-state index contributed by atoms with van der Waals surface area (Å²) in [5.41, 5.74) is 2.13. The normalized spacial score (nSPS) is 14.7. The lowest BCUT2D eigenvalue weighted by atomic mass is 10.1. The Morgan fingerprint density at radius 3 is 2.77 bits per heavy atom. The third-order valence-electron chi connectivity index (χ3n) is 3.84. The fourth-order valence-electron chi connectivity index (χ4n) is 2.39. The summed E-state index contributed by atoms with van der Waals surface area (Å²) in [7, 11) is 1.92. The van der Waals surface area contributed by atoms with Crippen molar-refractivity contribution in [1.82, 2.24) is 20.0 Å². The van der Waals surface area contributed by atoms with Crippen molar-refractivity contribution in [2.75, 3.05) is 13.1 Å². The Morgan fingerprint density at radius 1 is 1.32 bits per heavy atom. The molecule has 6 nitrogen and oxygen atoms in total. The molecule has 1 aromatic heterocycles. The van der Waals surface area contributed by atoms with E-state index in [1.165, 1.54) is 0 Å². The molecule has 1 N–H and O–H groups in total. The molecule has 0 radical (unpaired) electrons. The van der Waals surface area contributed by atoms with Gasteiger partial charge in [0.1, 0.15) is 6.61 Å². The summed E-state index contributed by atoms with van der Waals surface area (Å²) in [6.07, 6.45) is 1.54. The average Bonchev–Trinajstić information content (AvgIpc) is 2.90. The van der Waals surface area contributed by atoms with E-state index in [-0.39, 0.29) is 6.09 Å². The molecule has 2 aromatic rings. The Kier molecular flexibility index (Phi) is 4.39. The largest absolute Gasteiger partial charge is 0.445 e. The summed E-state index contributed by atoms with van der Waals surface area (Å²) in [5.74, 6) is 0. The number of aromatic nitrogens is 2. The summed E-state index contributed by atoms with van der Waals surface area (Å²) in [4.78, 5) is 13.6. The number of carbonyl (C=O) groups excluding carboxylic acids is 1. The van der Waals surface area contributed by atoms with Gasteiger partial charge in [0.05, 0.1) is 5.69 Å². The van der Waals surface area contributed by atoms with E-state index in [9.17, 15) is 4.79 Å². The minimum Gasteiger partial charge on any atom is -0.445 e. The third kappa shape index (κ3) is 3.46. The summed E-state index contributed by atoms with van der Waals surface area (Å²) in [6.45, 7) is 2.45. The van der Waals surface area contributed by atoms with Gasteiger partial charge in [-0.3, -0.25) is 4.68 Å². The van der Waals surface area contributed by atoms with Crippen LogP contribution in [-0.4, -0.2) is 39.9 Å². The number of nitrogens with one attached hydrogen (secondary N) is 1. The molecule has 1 aliphatic heterocycles. The molecule has 0 bridgehead atoms. The molecular weight excluding hydrogens is 280 g/mol. The van der Waals surface area contributed by atoms with Gasteiger partial charge in [-0.15, -0.1) is 0 Å². The molecule has 0 unspecified atom stereocenters. The topological polar surface area (TPSA) is 59.4 Å². The number of likely N-dealkylation sites (tertiary alicyclic amines) is 1. The molecule has 6 heteroatoms. The van der Waals surface area contributed by atoms with Crippen molar-refractivity contribution in [3.63, 3.8) is 0 Å². The highest BCUT2D eigenvalue weighted by atomic mass is 16.6. The van der Waals surface area contributed by atoms with Crippen LogP contribution in [0.3, 0.4) is 0 Å². The zero-order valence-electron chi connectivity index (χ0n) is 12.6. The van der Waals surface area contributed by atoms with Gasteiger partial charge in [-0.2, -0.15) is 5.10 Å². The van der Waals surface area contributed by atoms with Crippen molar-refractivity contribution in [3.8, 4) is 0 Å². The van der Waals surface area contributed by atoms with E-state index < -0.39 is 0 Å². The van der Waals surface area contributed by atoms with Crippen LogP contribution in [-0.2, 0) is 24.9 Å². The summed E-state index contributed by atoms with van der Waals surface area (Å²) >= 11 is 0. The number of hydrogen-bond donors (Lipinski definition) is 1. The Labute approximate surface area is 129 Å². The fourth-order valence-corrected chi connectivity index (χ4v) is 2.39. The van der Waals surface area contributed by atoms with Crippen LogP contribution in [0.15, 0.2) is 42.6 Å². The van der Waals surface area contributed by atoms with Crippen LogP contribution >= 0.6 is 0 Å². The molecule has 116 valence electrons. The number of rotatable bonds is 5. The molecule has 22 heavy (non-hydrogen) atoms. The molecular formula is C16H20N4O2. The highest BCUT2D eigenvalue weighted by Gasteiger charge is 2.31. The van der Waals surface area contributed by atoms with E-state index in [1.807, 2.05) is 48.1 Å². The van der Waals surface area contributed by atoms with E-state index in [1.54, 1.807) is 11.1 Å². The highest BCUT2D eigenvalue weighted by Crippen LogP contribution is 2.12. The van der Waals surface area contributed by atoms with Crippen LogP contribution in [0.1, 0.15) is 11.3 Å². The van der Waals surface area contributed by atoms with Gasteiger partial charge in [-0.1, -0.05) is 30.3 Å². The van der Waals surface area contributed by atoms with Crippen molar-refractivity contribution in [2.45, 2.75) is 19.2 Å². The molecule has 3 rings (SSSR count). The van der Waals surface area contributed by atoms with Gasteiger partial charge in [0, 0.05) is 38.9 Å². The minimum atomic E-state index is -0.248. The average molecular weight is 300 g/mol. The predicted octanol–water partition coefficient (Wildman–Crippen LogP) is 1.53. The lowest BCUT2D eigenvalue weighted by molar-refractivity contribution is 0.0599. The number of amides is 1. The maximum atomic E-state index is 11.9. The van der Waals surface area contributed by atoms with Crippen molar-refractivity contribution in [1.29, 1.82) is 0 Å². The first-order chi connectivity index (χ1) is 10.7. The second-order valence-electron chi connectivity index (χ2n) is 5.47. The molecule has 0 saturated carbocycles. The van der Waals surface area contributed by atoms with Crippen LogP contribution in [0, 0.1) is 0 Å². The summed E-state index contributed by atoms with van der Waals surface area (Å²) in [6, 6.07) is 12.0. The van der Waals surface area contributed by atoms with Crippen molar-refractivity contribution in [2.24, 2.45) is 7.05 Å². The Balaban J connectivity index is 1.36. The molecule has 1 saturated heterocycles. The quantitative estimate of drug-likeness (QED) is 0.910. The molecule has 1 aliphatic rings. The second kappa shape index (κ2) is 6.62. The second-order valence-corrected chi connectivity index (χ2v) is 5.47. The summed E-state index contributed by atoms with van der Waals surface area (Å²) in [5, 5.41) is 7.54. The van der Waals surface area contributed by atoms with Gasteiger partial charge in [0.25, 0.3) is 0 Å². The lowest BCUT2D eigenvalue weighted by Crippen LogP contribution is -2.59. The SMILES string of the molecule is Cn1nccc1CNC1CN(C(=O)OCc2ccccc2)C1. The summed E-state index contributed by atoms with van der Waals surface area (Å²) < 4.78 is 7.14. The van der Waals surface area contributed by atoms with Gasteiger partial charge in [-0.25, -0.2) is 4.79 Å². The van der Waals surface area contributed by atoms with Crippen LogP contribution in [0.5, 0.6) is 0 Å². The first-order valence-corrected chi connectivity index (χ1v) is 7.38. The maximum absolute atomic E-state index is 11.9. The van der Waals surface area contributed by atoms with Crippen LogP contribution in [0.4, 0.5) is 4.79 Å². The zero-order chi connectivity index (χ0) is 15.4. The van der Waals surface area contributed by atoms with E-state index in [0.717, 1.165) is 17.8 Å². The van der Waals surface area contributed by atoms with Crippen LogP contribution in [0.25, 0.3) is 0 Å². The molecule has 1 aromatic carbocycles. The Bertz CT molecular complexity index is 620.